The van der Waals surface area contributed by atoms with Gasteiger partial charge in [-0.2, -0.15) is 0 Å². The monoisotopic (exact) mass is 358 g/mol. The van der Waals surface area contributed by atoms with Crippen LogP contribution < -0.4 is 10.1 Å². The number of aromatic nitrogens is 1. The highest BCUT2D eigenvalue weighted by molar-refractivity contribution is 7.09. The van der Waals surface area contributed by atoms with E-state index in [1.165, 1.54) is 24.8 Å². The molecule has 1 aliphatic rings. The largest absolute Gasteiger partial charge is 0.486 e. The van der Waals surface area contributed by atoms with Gasteiger partial charge in [0, 0.05) is 11.4 Å². The van der Waals surface area contributed by atoms with Gasteiger partial charge in [0.15, 0.2) is 0 Å². The third-order valence-corrected chi connectivity index (χ3v) is 5.48. The van der Waals surface area contributed by atoms with Gasteiger partial charge >= 0.3 is 0 Å². The molecule has 0 saturated heterocycles. The molecule has 25 heavy (non-hydrogen) atoms. The van der Waals surface area contributed by atoms with Crippen LogP contribution in [0.1, 0.15) is 55.3 Å². The van der Waals surface area contributed by atoms with Gasteiger partial charge in [-0.15, -0.1) is 11.3 Å². The van der Waals surface area contributed by atoms with Crippen LogP contribution in [0.15, 0.2) is 29.6 Å². The Morgan fingerprint density at radius 3 is 2.72 bits per heavy atom. The van der Waals surface area contributed by atoms with E-state index in [0.29, 0.717) is 19.1 Å². The van der Waals surface area contributed by atoms with Crippen molar-refractivity contribution >= 4 is 17.2 Å². The number of carbonyl (C=O) groups excluding carboxylic acids is 1. The molecule has 1 heterocycles. The van der Waals surface area contributed by atoms with E-state index in [0.717, 1.165) is 35.7 Å². The predicted molar refractivity (Wildman–Crippen MR) is 101 cm³/mol. The topological polar surface area (TPSA) is 51.2 Å². The van der Waals surface area contributed by atoms with Gasteiger partial charge in [-0.3, -0.25) is 4.79 Å². The van der Waals surface area contributed by atoms with Crippen molar-refractivity contribution in [3.63, 3.8) is 0 Å². The molecule has 1 aromatic heterocycles. The second kappa shape index (κ2) is 8.99. The molecule has 1 saturated carbocycles. The maximum atomic E-state index is 12.2. The summed E-state index contributed by atoms with van der Waals surface area (Å²) in [6, 6.07) is 8.50. The number of rotatable bonds is 7. The minimum absolute atomic E-state index is 0.0832. The number of hydrogen-bond acceptors (Lipinski definition) is 4. The van der Waals surface area contributed by atoms with Crippen molar-refractivity contribution in [1.29, 1.82) is 0 Å². The zero-order chi connectivity index (χ0) is 17.5. The molecule has 0 spiro atoms. The molecule has 134 valence electrons. The Balaban J connectivity index is 1.45. The van der Waals surface area contributed by atoms with Crippen LogP contribution in [0.2, 0.25) is 0 Å². The Hall–Kier alpha value is -1.88. The van der Waals surface area contributed by atoms with Gasteiger partial charge in [0.2, 0.25) is 5.91 Å². The molecule has 1 fully saturated rings. The van der Waals surface area contributed by atoms with Gasteiger partial charge in [-0.25, -0.2) is 4.98 Å². The summed E-state index contributed by atoms with van der Waals surface area (Å²) in [6.45, 7) is 2.58. The summed E-state index contributed by atoms with van der Waals surface area (Å²) >= 11 is 1.55. The third kappa shape index (κ3) is 5.56. The van der Waals surface area contributed by atoms with Crippen LogP contribution in [0.25, 0.3) is 0 Å². The minimum Gasteiger partial charge on any atom is -0.486 e. The zero-order valence-electron chi connectivity index (χ0n) is 14.8. The molecule has 0 aliphatic heterocycles. The zero-order valence-corrected chi connectivity index (χ0v) is 15.6. The molecule has 2 aromatic rings. The quantitative estimate of drug-likeness (QED) is 0.804. The van der Waals surface area contributed by atoms with Gasteiger partial charge in [0.1, 0.15) is 17.4 Å². The molecule has 3 rings (SSSR count). The Morgan fingerprint density at radius 1 is 1.24 bits per heavy atom. The molecule has 1 N–H and O–H groups in total. The van der Waals surface area contributed by atoms with E-state index < -0.39 is 0 Å². The van der Waals surface area contributed by atoms with E-state index in [1.54, 1.807) is 11.3 Å². The third-order valence-electron chi connectivity index (χ3n) is 4.61. The van der Waals surface area contributed by atoms with Crippen molar-refractivity contribution in [2.45, 2.75) is 64.5 Å². The van der Waals surface area contributed by atoms with Crippen LogP contribution in [0.3, 0.4) is 0 Å². The molecule has 4 nitrogen and oxygen atoms in total. The summed E-state index contributed by atoms with van der Waals surface area (Å²) in [4.78, 5) is 16.7. The lowest BCUT2D eigenvalue weighted by atomic mass is 9.95. The second-order valence-electron chi connectivity index (χ2n) is 6.60. The second-order valence-corrected chi connectivity index (χ2v) is 7.54. The highest BCUT2D eigenvalue weighted by Crippen LogP contribution is 2.19. The lowest BCUT2D eigenvalue weighted by Crippen LogP contribution is -2.37. The normalized spacial score (nSPS) is 15.1. The van der Waals surface area contributed by atoms with Crippen LogP contribution in [-0.4, -0.2) is 16.9 Å². The number of ether oxygens (including phenoxy) is 1. The smallest absolute Gasteiger partial charge is 0.226 e. The fourth-order valence-corrected chi connectivity index (χ4v) is 3.86. The molecule has 0 unspecified atom stereocenters. The van der Waals surface area contributed by atoms with Crippen molar-refractivity contribution in [2.24, 2.45) is 0 Å². The maximum absolute atomic E-state index is 12.2. The lowest BCUT2D eigenvalue weighted by molar-refractivity contribution is -0.121. The molecule has 0 bridgehead atoms. The van der Waals surface area contributed by atoms with Gasteiger partial charge < -0.3 is 10.1 Å². The average Bonchev–Trinajstić information content (AvgIpc) is 3.08. The predicted octanol–water partition coefficient (Wildman–Crippen LogP) is 4.28. The number of nitrogens with one attached hydrogen (secondary N) is 1. The molecule has 1 amide bonds. The Kier molecular flexibility index (Phi) is 6.45. The number of aryl methyl sites for hydroxylation is 1. The van der Waals surface area contributed by atoms with E-state index in [-0.39, 0.29) is 5.91 Å². The van der Waals surface area contributed by atoms with Crippen LogP contribution >= 0.6 is 11.3 Å². The summed E-state index contributed by atoms with van der Waals surface area (Å²) in [5.41, 5.74) is 2.13. The van der Waals surface area contributed by atoms with Crippen LogP contribution in [0.5, 0.6) is 5.75 Å². The number of hydrogen-bond donors (Lipinski definition) is 1. The van der Waals surface area contributed by atoms with Crippen LogP contribution in [-0.2, 0) is 24.2 Å². The van der Waals surface area contributed by atoms with Crippen molar-refractivity contribution in [1.82, 2.24) is 10.3 Å². The summed E-state index contributed by atoms with van der Waals surface area (Å²) in [5.74, 6) is 0.934. The number of nitrogens with zero attached hydrogens (tertiary/aromatic N) is 1. The standard InChI is InChI=1S/C20H26N2O2S/c1-2-15-8-10-18(11-9-15)24-13-20-22-17(14-25-20)12-19(23)21-16-6-4-3-5-7-16/h8-11,14,16H,2-7,12-13H2,1H3,(H,21,23). The van der Waals surface area contributed by atoms with Gasteiger partial charge in [-0.1, -0.05) is 38.3 Å². The van der Waals surface area contributed by atoms with Crippen molar-refractivity contribution in [3.8, 4) is 5.75 Å². The SMILES string of the molecule is CCc1ccc(OCc2nc(CC(=O)NC3CCCCC3)cs2)cc1. The number of benzene rings is 1. The van der Waals surface area contributed by atoms with Crippen molar-refractivity contribution < 1.29 is 9.53 Å². The lowest BCUT2D eigenvalue weighted by Gasteiger charge is -2.22. The van der Waals surface area contributed by atoms with E-state index in [4.69, 9.17) is 4.74 Å². The van der Waals surface area contributed by atoms with Crippen molar-refractivity contribution in [3.05, 3.63) is 45.9 Å². The average molecular weight is 359 g/mol. The highest BCUT2D eigenvalue weighted by atomic mass is 32.1. The van der Waals surface area contributed by atoms with E-state index in [2.05, 4.69) is 29.4 Å². The minimum atomic E-state index is 0.0832. The summed E-state index contributed by atoms with van der Waals surface area (Å²) in [5, 5.41) is 6.00. The first-order chi connectivity index (χ1) is 12.2. The Morgan fingerprint density at radius 2 is 2.00 bits per heavy atom. The molecule has 1 aliphatic carbocycles. The highest BCUT2D eigenvalue weighted by Gasteiger charge is 2.16. The van der Waals surface area contributed by atoms with Gasteiger partial charge in [0.25, 0.3) is 0 Å². The van der Waals surface area contributed by atoms with Gasteiger partial charge in [-0.05, 0) is 37.0 Å². The summed E-state index contributed by atoms with van der Waals surface area (Å²) in [7, 11) is 0. The first-order valence-corrected chi connectivity index (χ1v) is 10.1. The first kappa shape index (κ1) is 17.9. The molecular formula is C20H26N2O2S. The molecule has 0 atom stereocenters. The Labute approximate surface area is 153 Å². The van der Waals surface area contributed by atoms with Gasteiger partial charge in [0.05, 0.1) is 12.1 Å². The molecule has 5 heteroatoms. The Bertz CT molecular complexity index is 675. The number of thiazole rings is 1. The molecule has 1 aromatic carbocycles. The van der Waals surface area contributed by atoms with Crippen LogP contribution in [0.4, 0.5) is 0 Å². The number of amides is 1. The van der Waals surface area contributed by atoms with Crippen LogP contribution in [0, 0.1) is 0 Å². The maximum Gasteiger partial charge on any atom is 0.226 e. The summed E-state index contributed by atoms with van der Waals surface area (Å²) < 4.78 is 5.78. The summed E-state index contributed by atoms with van der Waals surface area (Å²) in [6.07, 6.45) is 7.35. The van der Waals surface area contributed by atoms with Crippen molar-refractivity contribution in [2.75, 3.05) is 0 Å². The van der Waals surface area contributed by atoms with E-state index in [1.807, 2.05) is 17.5 Å². The first-order valence-electron chi connectivity index (χ1n) is 9.17. The fourth-order valence-electron chi connectivity index (χ4n) is 3.15. The fraction of sp³-hybridized carbons (Fsp3) is 0.500. The number of carbonyl (C=O) groups is 1. The van der Waals surface area contributed by atoms with E-state index in [9.17, 15) is 4.79 Å². The van der Waals surface area contributed by atoms with E-state index >= 15 is 0 Å². The molecule has 0 radical (unpaired) electrons. The molecular weight excluding hydrogens is 332 g/mol.